The molecule has 17 heavy (non-hydrogen) atoms. The van der Waals surface area contributed by atoms with Crippen LogP contribution in [-0.4, -0.2) is 20.9 Å². The highest BCUT2D eigenvalue weighted by Gasteiger charge is 2.16. The quantitative estimate of drug-likeness (QED) is 0.668. The second kappa shape index (κ2) is 4.94. The van der Waals surface area contributed by atoms with Crippen LogP contribution < -0.4 is 0 Å². The van der Waals surface area contributed by atoms with Crippen molar-refractivity contribution < 1.29 is 0 Å². The first-order chi connectivity index (χ1) is 8.15. The maximum Gasteiger partial charge on any atom is 0.166 e. The molecule has 0 aliphatic carbocycles. The molecule has 0 radical (unpaired) electrons. The number of benzene rings is 1. The fourth-order valence-corrected chi connectivity index (χ4v) is 2.35. The number of nitrogens with one attached hydrogen (secondary N) is 1. The molecule has 0 saturated heterocycles. The molecule has 0 amide bonds. The lowest BCUT2D eigenvalue weighted by Gasteiger charge is -2.05. The van der Waals surface area contributed by atoms with Gasteiger partial charge in [-0.25, -0.2) is 4.98 Å². The van der Waals surface area contributed by atoms with E-state index in [0.717, 1.165) is 11.3 Å². The van der Waals surface area contributed by atoms with Gasteiger partial charge in [-0.15, -0.1) is 11.8 Å². The first-order valence-corrected chi connectivity index (χ1v) is 6.66. The van der Waals surface area contributed by atoms with E-state index in [-0.39, 0.29) is 0 Å². The van der Waals surface area contributed by atoms with Crippen LogP contribution in [0, 0.1) is 5.41 Å². The van der Waals surface area contributed by atoms with E-state index in [0.29, 0.717) is 16.0 Å². The number of hydrogen-bond donors (Lipinski definition) is 1. The third-order valence-electron chi connectivity index (χ3n) is 2.51. The summed E-state index contributed by atoms with van der Waals surface area (Å²) in [5.74, 6) is 0.598. The van der Waals surface area contributed by atoms with Crippen LogP contribution in [0.5, 0.6) is 0 Å². The molecule has 3 nitrogen and oxygen atoms in total. The maximum absolute atomic E-state index is 7.81. The largest absolute Gasteiger partial charge is 0.324 e. The molecule has 0 aliphatic rings. The summed E-state index contributed by atoms with van der Waals surface area (Å²) < 4.78 is 1.86. The highest BCUT2D eigenvalue weighted by atomic mass is 35.5. The molecule has 0 atom stereocenters. The number of aromatic nitrogens is 2. The summed E-state index contributed by atoms with van der Waals surface area (Å²) in [7, 11) is 1.88. The number of imidazole rings is 1. The van der Waals surface area contributed by atoms with Crippen LogP contribution in [0.1, 0.15) is 5.82 Å². The van der Waals surface area contributed by atoms with E-state index in [2.05, 4.69) is 4.98 Å². The zero-order chi connectivity index (χ0) is 12.4. The first-order valence-electron chi connectivity index (χ1n) is 5.05. The van der Waals surface area contributed by atoms with Gasteiger partial charge in [-0.2, -0.15) is 0 Å². The minimum Gasteiger partial charge on any atom is -0.324 e. The number of hydrogen-bond acceptors (Lipinski definition) is 3. The van der Waals surface area contributed by atoms with Gasteiger partial charge in [-0.05, 0) is 6.26 Å². The molecular formula is C12H12ClN3S. The predicted octanol–water partition coefficient (Wildman–Crippen LogP) is 3.43. The molecule has 1 heterocycles. The topological polar surface area (TPSA) is 41.7 Å². The lowest BCUT2D eigenvalue weighted by molar-refractivity contribution is 0.907. The van der Waals surface area contributed by atoms with E-state index in [4.69, 9.17) is 17.0 Å². The Morgan fingerprint density at radius 3 is 2.59 bits per heavy atom. The Morgan fingerprint density at radius 2 is 2.00 bits per heavy atom. The summed E-state index contributed by atoms with van der Waals surface area (Å²) in [6.07, 6.45) is 1.85. The van der Waals surface area contributed by atoms with Crippen LogP contribution in [0.3, 0.4) is 0 Å². The molecule has 1 aromatic carbocycles. The highest BCUT2D eigenvalue weighted by molar-refractivity contribution is 8.13. The van der Waals surface area contributed by atoms with Crippen LogP contribution in [-0.2, 0) is 7.05 Å². The number of rotatable bonds is 2. The van der Waals surface area contributed by atoms with Crippen molar-refractivity contribution in [3.05, 3.63) is 41.3 Å². The molecule has 88 valence electrons. The van der Waals surface area contributed by atoms with Gasteiger partial charge in [0.05, 0.1) is 5.69 Å². The van der Waals surface area contributed by atoms with Gasteiger partial charge < -0.3 is 4.57 Å². The predicted molar refractivity (Wildman–Crippen MR) is 74.0 cm³/mol. The Morgan fingerprint density at radius 1 is 1.35 bits per heavy atom. The maximum atomic E-state index is 7.81. The van der Waals surface area contributed by atoms with Crippen molar-refractivity contribution in [3.8, 4) is 11.3 Å². The van der Waals surface area contributed by atoms with Crippen molar-refractivity contribution in [1.82, 2.24) is 9.55 Å². The average molecular weight is 266 g/mol. The second-order valence-corrected chi connectivity index (χ2v) is 4.71. The second-order valence-electron chi connectivity index (χ2n) is 3.53. The van der Waals surface area contributed by atoms with E-state index < -0.39 is 0 Å². The molecule has 0 saturated carbocycles. The van der Waals surface area contributed by atoms with Gasteiger partial charge in [0.15, 0.2) is 11.0 Å². The molecular weight excluding hydrogens is 254 g/mol. The Hall–Kier alpha value is -1.26. The molecule has 0 aliphatic heterocycles. The number of nitrogens with zero attached hydrogens (tertiary/aromatic N) is 2. The molecule has 1 N–H and O–H groups in total. The van der Waals surface area contributed by atoms with Gasteiger partial charge in [0.25, 0.3) is 0 Å². The van der Waals surface area contributed by atoms with Crippen molar-refractivity contribution in [3.63, 3.8) is 0 Å². The summed E-state index contributed by atoms with van der Waals surface area (Å²) in [6.45, 7) is 0. The summed E-state index contributed by atoms with van der Waals surface area (Å²) in [6, 6.07) is 9.83. The zero-order valence-electron chi connectivity index (χ0n) is 9.57. The summed E-state index contributed by atoms with van der Waals surface area (Å²) in [4.78, 5) is 4.24. The standard InChI is InChI=1S/C12H12ClN3S/c1-16-9(8-6-4-3-5-7-8)10(13)15-12(16)11(14)17-2/h3-7,14H,1-2H3. The summed E-state index contributed by atoms with van der Waals surface area (Å²) in [5, 5.41) is 8.66. The van der Waals surface area contributed by atoms with Crippen LogP contribution in [0.15, 0.2) is 30.3 Å². The molecule has 5 heteroatoms. The van der Waals surface area contributed by atoms with E-state index in [1.54, 1.807) is 0 Å². The van der Waals surface area contributed by atoms with Crippen LogP contribution in [0.2, 0.25) is 5.15 Å². The van der Waals surface area contributed by atoms with Crippen LogP contribution in [0.4, 0.5) is 0 Å². The number of thioether (sulfide) groups is 1. The Bertz CT molecular complexity index is 548. The van der Waals surface area contributed by atoms with Crippen LogP contribution in [0.25, 0.3) is 11.3 Å². The summed E-state index contributed by atoms with van der Waals surface area (Å²) >= 11 is 7.50. The minimum absolute atomic E-state index is 0.414. The van der Waals surface area contributed by atoms with E-state index in [1.165, 1.54) is 11.8 Å². The van der Waals surface area contributed by atoms with Gasteiger partial charge in [-0.1, -0.05) is 41.9 Å². The molecule has 0 spiro atoms. The van der Waals surface area contributed by atoms with Crippen molar-refractivity contribution >= 4 is 28.4 Å². The lowest BCUT2D eigenvalue weighted by atomic mass is 10.2. The van der Waals surface area contributed by atoms with E-state index in [9.17, 15) is 0 Å². The molecule has 2 aromatic rings. The van der Waals surface area contributed by atoms with E-state index in [1.807, 2.05) is 48.2 Å². The summed E-state index contributed by atoms with van der Waals surface area (Å²) in [5.41, 5.74) is 1.86. The van der Waals surface area contributed by atoms with E-state index >= 15 is 0 Å². The van der Waals surface area contributed by atoms with Gasteiger partial charge in [0.2, 0.25) is 0 Å². The smallest absolute Gasteiger partial charge is 0.166 e. The average Bonchev–Trinajstić information content (AvgIpc) is 2.65. The SMILES string of the molecule is CSC(=N)c1nc(Cl)c(-c2ccccc2)n1C. The number of halogens is 1. The first kappa shape index (κ1) is 12.2. The molecule has 2 rings (SSSR count). The van der Waals surface area contributed by atoms with Crippen molar-refractivity contribution in [1.29, 1.82) is 5.41 Å². The van der Waals surface area contributed by atoms with Gasteiger partial charge >= 0.3 is 0 Å². The third-order valence-corrected chi connectivity index (χ3v) is 3.36. The van der Waals surface area contributed by atoms with Crippen molar-refractivity contribution in [2.75, 3.05) is 6.26 Å². The van der Waals surface area contributed by atoms with Gasteiger partial charge in [0, 0.05) is 12.6 Å². The molecule has 0 fully saturated rings. The Kier molecular flexibility index (Phi) is 3.54. The Labute approximate surface area is 109 Å². The van der Waals surface area contributed by atoms with Gasteiger partial charge in [0.1, 0.15) is 5.04 Å². The third kappa shape index (κ3) is 2.23. The van der Waals surface area contributed by atoms with Gasteiger partial charge in [-0.3, -0.25) is 5.41 Å². The lowest BCUT2D eigenvalue weighted by Crippen LogP contribution is -2.04. The van der Waals surface area contributed by atoms with Crippen molar-refractivity contribution in [2.24, 2.45) is 7.05 Å². The minimum atomic E-state index is 0.414. The zero-order valence-corrected chi connectivity index (χ0v) is 11.1. The molecule has 0 unspecified atom stereocenters. The fourth-order valence-electron chi connectivity index (χ4n) is 1.67. The fraction of sp³-hybridized carbons (Fsp3) is 0.167. The Balaban J connectivity index is 2.57. The van der Waals surface area contributed by atoms with Crippen LogP contribution >= 0.6 is 23.4 Å². The molecule has 0 bridgehead atoms. The molecule has 1 aromatic heterocycles. The monoisotopic (exact) mass is 265 g/mol. The van der Waals surface area contributed by atoms with Crippen molar-refractivity contribution in [2.45, 2.75) is 0 Å². The highest BCUT2D eigenvalue weighted by Crippen LogP contribution is 2.28. The normalized spacial score (nSPS) is 10.5.